The van der Waals surface area contributed by atoms with Crippen molar-refractivity contribution in [3.8, 4) is 0 Å². The highest BCUT2D eigenvalue weighted by atomic mass is 19.1. The van der Waals surface area contributed by atoms with Crippen molar-refractivity contribution in [2.45, 2.75) is 13.8 Å². The van der Waals surface area contributed by atoms with Crippen molar-refractivity contribution >= 4 is 12.2 Å². The molecule has 18 heavy (non-hydrogen) atoms. The van der Waals surface area contributed by atoms with Gasteiger partial charge in [-0.3, -0.25) is 0 Å². The largest absolute Gasteiger partial charge is 0.245 e. The van der Waals surface area contributed by atoms with Crippen LogP contribution in [0.4, 0.5) is 10.3 Å². The van der Waals surface area contributed by atoms with Crippen LogP contribution < -0.4 is 5.43 Å². The number of hydrogen-bond donors (Lipinski definition) is 1. The van der Waals surface area contributed by atoms with Crippen LogP contribution in [-0.2, 0) is 0 Å². The lowest BCUT2D eigenvalue weighted by molar-refractivity contribution is 0.628. The van der Waals surface area contributed by atoms with Gasteiger partial charge in [-0.2, -0.15) is 5.10 Å². The van der Waals surface area contributed by atoms with Crippen LogP contribution in [-0.4, -0.2) is 16.2 Å². The number of hydrogen-bond acceptors (Lipinski definition) is 4. The van der Waals surface area contributed by atoms with E-state index in [-0.39, 0.29) is 5.82 Å². The average Bonchev–Trinajstić information content (AvgIpc) is 2.30. The highest BCUT2D eigenvalue weighted by Crippen LogP contribution is 2.04. The van der Waals surface area contributed by atoms with Crippen LogP contribution >= 0.6 is 0 Å². The van der Waals surface area contributed by atoms with Crippen molar-refractivity contribution < 1.29 is 4.39 Å². The zero-order valence-electron chi connectivity index (χ0n) is 10.2. The molecule has 0 atom stereocenters. The fourth-order valence-electron chi connectivity index (χ4n) is 1.49. The van der Waals surface area contributed by atoms with Gasteiger partial charge in [-0.1, -0.05) is 12.1 Å². The molecule has 0 fully saturated rings. The minimum atomic E-state index is -0.266. The molecule has 4 nitrogen and oxygen atoms in total. The summed E-state index contributed by atoms with van der Waals surface area (Å²) in [6.07, 6.45) is 1.58. The van der Waals surface area contributed by atoms with Crippen molar-refractivity contribution in [2.75, 3.05) is 5.43 Å². The van der Waals surface area contributed by atoms with Gasteiger partial charge < -0.3 is 0 Å². The highest BCUT2D eigenvalue weighted by Gasteiger charge is 1.96. The fourth-order valence-corrected chi connectivity index (χ4v) is 1.49. The Labute approximate surface area is 105 Å². The maximum atomic E-state index is 12.7. The molecule has 0 amide bonds. The number of anilines is 1. The molecule has 0 aliphatic rings. The van der Waals surface area contributed by atoms with Crippen LogP contribution in [0.2, 0.25) is 0 Å². The van der Waals surface area contributed by atoms with Crippen LogP contribution in [0.15, 0.2) is 35.4 Å². The van der Waals surface area contributed by atoms with E-state index in [1.54, 1.807) is 18.3 Å². The second kappa shape index (κ2) is 5.35. The second-order valence-electron chi connectivity index (χ2n) is 3.90. The van der Waals surface area contributed by atoms with Crippen molar-refractivity contribution in [2.24, 2.45) is 5.10 Å². The molecule has 0 unspecified atom stereocenters. The summed E-state index contributed by atoms with van der Waals surface area (Å²) in [5, 5.41) is 4.00. The molecule has 0 aliphatic heterocycles. The van der Waals surface area contributed by atoms with Gasteiger partial charge in [0.05, 0.1) is 6.21 Å². The topological polar surface area (TPSA) is 50.2 Å². The molecule has 0 saturated carbocycles. The summed E-state index contributed by atoms with van der Waals surface area (Å²) in [7, 11) is 0. The SMILES string of the molecule is Cc1cc(C)nc(N/N=C/c2ccc(F)cc2)n1. The molecule has 1 aromatic heterocycles. The standard InChI is InChI=1S/C13H13FN4/c1-9-7-10(2)17-13(16-9)18-15-8-11-3-5-12(14)6-4-11/h3-8H,1-2H3,(H,16,17,18)/b15-8+. The summed E-state index contributed by atoms with van der Waals surface area (Å²) >= 11 is 0. The monoisotopic (exact) mass is 244 g/mol. The Bertz CT molecular complexity index is 543. The lowest BCUT2D eigenvalue weighted by Gasteiger charge is -2.01. The van der Waals surface area contributed by atoms with E-state index < -0.39 is 0 Å². The molecule has 0 aliphatic carbocycles. The summed E-state index contributed by atoms with van der Waals surface area (Å²) in [4.78, 5) is 8.37. The van der Waals surface area contributed by atoms with E-state index in [1.807, 2.05) is 19.9 Å². The Morgan fingerprint density at radius 2 is 1.72 bits per heavy atom. The molecule has 2 aromatic rings. The van der Waals surface area contributed by atoms with Gasteiger partial charge in [0, 0.05) is 11.4 Å². The number of halogens is 1. The molecule has 1 N–H and O–H groups in total. The van der Waals surface area contributed by atoms with E-state index in [2.05, 4.69) is 20.5 Å². The first-order valence-corrected chi connectivity index (χ1v) is 5.50. The van der Waals surface area contributed by atoms with E-state index in [4.69, 9.17) is 0 Å². The van der Waals surface area contributed by atoms with Gasteiger partial charge in [0.2, 0.25) is 5.95 Å². The van der Waals surface area contributed by atoms with Crippen LogP contribution in [0.3, 0.4) is 0 Å². The van der Waals surface area contributed by atoms with Gasteiger partial charge in [-0.25, -0.2) is 19.8 Å². The van der Waals surface area contributed by atoms with Gasteiger partial charge >= 0.3 is 0 Å². The van der Waals surface area contributed by atoms with E-state index in [9.17, 15) is 4.39 Å². The number of aryl methyl sites for hydroxylation is 2. The summed E-state index contributed by atoms with van der Waals surface area (Å²) in [5.41, 5.74) is 5.30. The second-order valence-corrected chi connectivity index (χ2v) is 3.90. The Morgan fingerprint density at radius 1 is 1.11 bits per heavy atom. The number of nitrogens with zero attached hydrogens (tertiary/aromatic N) is 3. The number of nitrogens with one attached hydrogen (secondary N) is 1. The van der Waals surface area contributed by atoms with Crippen LogP contribution in [0.5, 0.6) is 0 Å². The lowest BCUT2D eigenvalue weighted by Crippen LogP contribution is -1.99. The Hall–Kier alpha value is -2.30. The summed E-state index contributed by atoms with van der Waals surface area (Å²) in [6.45, 7) is 3.78. The summed E-state index contributed by atoms with van der Waals surface area (Å²) in [5.74, 6) is 0.184. The van der Waals surface area contributed by atoms with E-state index in [1.165, 1.54) is 12.1 Å². The zero-order chi connectivity index (χ0) is 13.0. The summed E-state index contributed by atoms with van der Waals surface area (Å²) < 4.78 is 12.7. The normalized spacial score (nSPS) is 10.8. The molecule has 5 heteroatoms. The smallest absolute Gasteiger partial charge is 0.243 e. The highest BCUT2D eigenvalue weighted by molar-refractivity contribution is 5.79. The first-order chi connectivity index (χ1) is 8.63. The Kier molecular flexibility index (Phi) is 3.62. The van der Waals surface area contributed by atoms with Crippen molar-refractivity contribution in [1.82, 2.24) is 9.97 Å². The minimum Gasteiger partial charge on any atom is -0.245 e. The Morgan fingerprint density at radius 3 is 2.33 bits per heavy atom. The van der Waals surface area contributed by atoms with Crippen molar-refractivity contribution in [3.63, 3.8) is 0 Å². The van der Waals surface area contributed by atoms with E-state index in [0.29, 0.717) is 5.95 Å². The third-order valence-electron chi connectivity index (χ3n) is 2.23. The minimum absolute atomic E-state index is 0.266. The predicted octanol–water partition coefficient (Wildman–Crippen LogP) is 2.68. The van der Waals surface area contributed by atoms with Crippen LogP contribution in [0.1, 0.15) is 17.0 Å². The number of rotatable bonds is 3. The predicted molar refractivity (Wildman–Crippen MR) is 69.1 cm³/mol. The molecule has 1 aromatic carbocycles. The average molecular weight is 244 g/mol. The first kappa shape index (κ1) is 12.2. The van der Waals surface area contributed by atoms with Crippen LogP contribution in [0.25, 0.3) is 0 Å². The fraction of sp³-hybridized carbons (Fsp3) is 0.154. The molecule has 0 spiro atoms. The maximum absolute atomic E-state index is 12.7. The van der Waals surface area contributed by atoms with Gasteiger partial charge in [0.25, 0.3) is 0 Å². The lowest BCUT2D eigenvalue weighted by atomic mass is 10.2. The van der Waals surface area contributed by atoms with E-state index in [0.717, 1.165) is 17.0 Å². The summed E-state index contributed by atoms with van der Waals surface area (Å²) in [6, 6.07) is 7.93. The molecule has 0 saturated heterocycles. The molecular weight excluding hydrogens is 231 g/mol. The first-order valence-electron chi connectivity index (χ1n) is 5.50. The molecular formula is C13H13FN4. The number of aromatic nitrogens is 2. The van der Waals surface area contributed by atoms with Crippen LogP contribution in [0, 0.1) is 19.7 Å². The number of benzene rings is 1. The molecule has 0 bridgehead atoms. The maximum Gasteiger partial charge on any atom is 0.243 e. The zero-order valence-corrected chi connectivity index (χ0v) is 10.2. The Balaban J connectivity index is 2.04. The number of hydrazone groups is 1. The quantitative estimate of drug-likeness (QED) is 0.667. The van der Waals surface area contributed by atoms with Gasteiger partial charge in [-0.05, 0) is 37.6 Å². The third kappa shape index (κ3) is 3.35. The van der Waals surface area contributed by atoms with E-state index >= 15 is 0 Å². The van der Waals surface area contributed by atoms with Gasteiger partial charge in [0.15, 0.2) is 0 Å². The molecule has 0 radical (unpaired) electrons. The van der Waals surface area contributed by atoms with Crippen molar-refractivity contribution in [3.05, 3.63) is 53.1 Å². The molecule has 2 rings (SSSR count). The van der Waals surface area contributed by atoms with Gasteiger partial charge in [-0.15, -0.1) is 0 Å². The molecule has 92 valence electrons. The van der Waals surface area contributed by atoms with Crippen molar-refractivity contribution in [1.29, 1.82) is 0 Å². The molecule has 1 heterocycles. The third-order valence-corrected chi connectivity index (χ3v) is 2.23. The van der Waals surface area contributed by atoms with Gasteiger partial charge in [0.1, 0.15) is 5.82 Å².